The van der Waals surface area contributed by atoms with Crippen LogP contribution in [0.1, 0.15) is 31.7 Å². The van der Waals surface area contributed by atoms with Gasteiger partial charge in [0.05, 0.1) is 0 Å². The number of guanidine groups is 1. The van der Waals surface area contributed by atoms with Gasteiger partial charge < -0.3 is 20.4 Å². The number of hydrogen-bond acceptors (Lipinski definition) is 4. The van der Waals surface area contributed by atoms with Crippen molar-refractivity contribution in [1.82, 2.24) is 15.6 Å². The van der Waals surface area contributed by atoms with Crippen LogP contribution in [0, 0.1) is 17.6 Å². The Morgan fingerprint density at radius 1 is 1.06 bits per heavy atom. The molecule has 0 aliphatic carbocycles. The van der Waals surface area contributed by atoms with Gasteiger partial charge in [0.25, 0.3) is 0 Å². The number of anilines is 2. The van der Waals surface area contributed by atoms with Crippen molar-refractivity contribution < 1.29 is 8.78 Å². The molecule has 0 bridgehead atoms. The van der Waals surface area contributed by atoms with Crippen molar-refractivity contribution in [1.29, 1.82) is 0 Å². The van der Waals surface area contributed by atoms with Crippen LogP contribution in [0.4, 0.5) is 20.3 Å². The van der Waals surface area contributed by atoms with Crippen LogP contribution in [0.15, 0.2) is 41.5 Å². The van der Waals surface area contributed by atoms with Gasteiger partial charge in [-0.1, -0.05) is 19.1 Å². The van der Waals surface area contributed by atoms with Gasteiger partial charge in [-0.15, -0.1) is 0 Å². The van der Waals surface area contributed by atoms with Crippen LogP contribution in [0.25, 0.3) is 0 Å². The topological polar surface area (TPSA) is 55.8 Å². The molecule has 0 spiro atoms. The van der Waals surface area contributed by atoms with E-state index in [1.165, 1.54) is 31.0 Å². The van der Waals surface area contributed by atoms with Crippen molar-refractivity contribution in [3.63, 3.8) is 0 Å². The van der Waals surface area contributed by atoms with Gasteiger partial charge in [-0.25, -0.2) is 13.8 Å². The first-order valence-corrected chi connectivity index (χ1v) is 11.4. The lowest BCUT2D eigenvalue weighted by molar-refractivity contribution is 0.436. The highest BCUT2D eigenvalue weighted by Gasteiger charge is 2.27. The highest BCUT2D eigenvalue weighted by Crippen LogP contribution is 2.26. The predicted molar refractivity (Wildman–Crippen MR) is 125 cm³/mol. The summed E-state index contributed by atoms with van der Waals surface area (Å²) in [6.07, 6.45) is 5.12. The minimum absolute atomic E-state index is 0.0501. The fourth-order valence-electron chi connectivity index (χ4n) is 4.39. The van der Waals surface area contributed by atoms with Gasteiger partial charge in [0.1, 0.15) is 23.1 Å². The third kappa shape index (κ3) is 5.29. The fraction of sp³-hybridized carbons (Fsp3) is 0.500. The average molecular weight is 443 g/mol. The molecule has 1 unspecified atom stereocenters. The molecule has 0 saturated carbocycles. The Morgan fingerprint density at radius 3 is 2.44 bits per heavy atom. The molecule has 8 heteroatoms. The number of piperidine rings is 1. The summed E-state index contributed by atoms with van der Waals surface area (Å²) in [5, 5.41) is 6.68. The molecule has 6 nitrogen and oxygen atoms in total. The second-order valence-corrected chi connectivity index (χ2v) is 8.77. The van der Waals surface area contributed by atoms with Crippen molar-refractivity contribution in [3.05, 3.63) is 53.7 Å². The van der Waals surface area contributed by atoms with E-state index >= 15 is 0 Å². The summed E-state index contributed by atoms with van der Waals surface area (Å²) in [5.74, 6) is 1.45. The Morgan fingerprint density at radius 2 is 1.78 bits per heavy atom. The second kappa shape index (κ2) is 10.1. The summed E-state index contributed by atoms with van der Waals surface area (Å²) in [7, 11) is 1.72. The largest absolute Gasteiger partial charge is 0.365 e. The number of hydrogen-bond donors (Lipinski definition) is 2. The Hall–Kier alpha value is -2.90. The van der Waals surface area contributed by atoms with Gasteiger partial charge >= 0.3 is 0 Å². The van der Waals surface area contributed by atoms with E-state index in [4.69, 9.17) is 0 Å². The predicted octanol–water partition coefficient (Wildman–Crippen LogP) is 3.54. The van der Waals surface area contributed by atoms with Gasteiger partial charge in [-0.3, -0.25) is 4.99 Å². The van der Waals surface area contributed by atoms with Gasteiger partial charge in [-0.2, -0.15) is 0 Å². The number of halogens is 2. The van der Waals surface area contributed by atoms with E-state index in [2.05, 4.69) is 44.6 Å². The molecular formula is C24H32F2N6. The number of nitrogens with zero attached hydrogens (tertiary/aromatic N) is 4. The Kier molecular flexibility index (Phi) is 7.07. The van der Waals surface area contributed by atoms with E-state index in [-0.39, 0.29) is 11.7 Å². The van der Waals surface area contributed by atoms with Crippen molar-refractivity contribution in [2.24, 2.45) is 10.9 Å². The summed E-state index contributed by atoms with van der Waals surface area (Å²) in [6, 6.07) is 8.22. The second-order valence-electron chi connectivity index (χ2n) is 8.77. The third-order valence-corrected chi connectivity index (χ3v) is 6.38. The molecule has 172 valence electrons. The van der Waals surface area contributed by atoms with E-state index in [0.29, 0.717) is 25.6 Å². The highest BCUT2D eigenvalue weighted by molar-refractivity contribution is 5.80. The van der Waals surface area contributed by atoms with Crippen LogP contribution < -0.4 is 20.4 Å². The van der Waals surface area contributed by atoms with Gasteiger partial charge in [0.2, 0.25) is 0 Å². The summed E-state index contributed by atoms with van der Waals surface area (Å²) < 4.78 is 28.2. The van der Waals surface area contributed by atoms with E-state index in [0.717, 1.165) is 36.8 Å². The molecule has 2 aliphatic rings. The van der Waals surface area contributed by atoms with E-state index in [1.54, 1.807) is 11.9 Å². The quantitative estimate of drug-likeness (QED) is 0.548. The van der Waals surface area contributed by atoms with Crippen molar-refractivity contribution in [3.8, 4) is 0 Å². The van der Waals surface area contributed by atoms with Crippen LogP contribution in [-0.2, 0) is 6.54 Å². The molecule has 2 aliphatic heterocycles. The Balaban J connectivity index is 1.27. The molecule has 32 heavy (non-hydrogen) atoms. The zero-order chi connectivity index (χ0) is 22.5. The molecule has 0 radical (unpaired) electrons. The van der Waals surface area contributed by atoms with Crippen molar-refractivity contribution in [2.45, 2.75) is 38.8 Å². The molecule has 1 atom stereocenters. The van der Waals surface area contributed by atoms with Crippen LogP contribution in [0.3, 0.4) is 0 Å². The van der Waals surface area contributed by atoms with Gasteiger partial charge in [-0.05, 0) is 48.9 Å². The SMILES string of the molecule is CN=C(NCc1ccc(N2CCC(C)CC2)nc1)NC1CCN(c2c(F)cccc2F)C1. The number of nitrogens with one attached hydrogen (secondary N) is 2. The van der Waals surface area contributed by atoms with Crippen LogP contribution in [0.2, 0.25) is 0 Å². The van der Waals surface area contributed by atoms with E-state index in [1.807, 2.05) is 6.20 Å². The normalized spacial score (nSPS) is 20.0. The summed E-state index contributed by atoms with van der Waals surface area (Å²) in [4.78, 5) is 13.0. The number of pyridine rings is 1. The number of para-hydroxylation sites is 1. The highest BCUT2D eigenvalue weighted by atomic mass is 19.1. The maximum absolute atomic E-state index is 14.1. The fourth-order valence-corrected chi connectivity index (χ4v) is 4.39. The first-order valence-electron chi connectivity index (χ1n) is 11.4. The Bertz CT molecular complexity index is 904. The monoisotopic (exact) mass is 442 g/mol. The smallest absolute Gasteiger partial charge is 0.191 e. The minimum atomic E-state index is -0.525. The average Bonchev–Trinajstić information content (AvgIpc) is 3.25. The Labute approximate surface area is 188 Å². The van der Waals surface area contributed by atoms with Crippen molar-refractivity contribution in [2.75, 3.05) is 43.0 Å². The zero-order valence-electron chi connectivity index (χ0n) is 18.8. The standard InChI is InChI=1S/C24H32F2N6/c1-17-8-11-31(12-9-17)22-7-6-18(14-28-22)15-29-24(27-2)30-19-10-13-32(16-19)23-20(25)4-3-5-21(23)26/h3-7,14,17,19H,8-13,15-16H2,1-2H3,(H2,27,29,30). The molecule has 2 fully saturated rings. The summed E-state index contributed by atoms with van der Waals surface area (Å²) in [5.41, 5.74) is 1.12. The first-order chi connectivity index (χ1) is 15.5. The van der Waals surface area contributed by atoms with Crippen LogP contribution in [0.5, 0.6) is 0 Å². The number of rotatable bonds is 5. The maximum atomic E-state index is 14.1. The van der Waals surface area contributed by atoms with Gasteiger partial charge in [0.15, 0.2) is 5.96 Å². The summed E-state index contributed by atoms with van der Waals surface area (Å²) in [6.45, 7) is 6.15. The van der Waals surface area contributed by atoms with Crippen LogP contribution in [-0.4, -0.2) is 50.2 Å². The third-order valence-electron chi connectivity index (χ3n) is 6.38. The minimum Gasteiger partial charge on any atom is -0.365 e. The molecule has 2 saturated heterocycles. The van der Waals surface area contributed by atoms with E-state index < -0.39 is 11.6 Å². The van der Waals surface area contributed by atoms with E-state index in [9.17, 15) is 8.78 Å². The zero-order valence-corrected chi connectivity index (χ0v) is 18.8. The molecule has 4 rings (SSSR count). The first kappa shape index (κ1) is 22.3. The lowest BCUT2D eigenvalue weighted by atomic mass is 9.99. The molecule has 1 aromatic carbocycles. The summed E-state index contributed by atoms with van der Waals surface area (Å²) >= 11 is 0. The molecule has 3 heterocycles. The molecule has 1 aromatic heterocycles. The van der Waals surface area contributed by atoms with Crippen LogP contribution >= 0.6 is 0 Å². The maximum Gasteiger partial charge on any atom is 0.191 e. The van der Waals surface area contributed by atoms with Gasteiger partial charge in [0, 0.05) is 52.0 Å². The molecular weight excluding hydrogens is 410 g/mol. The molecule has 2 aromatic rings. The van der Waals surface area contributed by atoms with Crippen molar-refractivity contribution >= 4 is 17.5 Å². The lowest BCUT2D eigenvalue weighted by Gasteiger charge is -2.31. The number of aromatic nitrogens is 1. The lowest BCUT2D eigenvalue weighted by Crippen LogP contribution is -2.44. The molecule has 2 N–H and O–H groups in total. The number of benzene rings is 1. The molecule has 0 amide bonds. The number of aliphatic imine (C=N–C) groups is 1.